The molecule has 0 saturated heterocycles. The molecule has 0 aliphatic carbocycles. The van der Waals surface area contributed by atoms with Crippen molar-refractivity contribution in [2.45, 2.75) is 17.7 Å². The van der Waals surface area contributed by atoms with Gasteiger partial charge in [-0.3, -0.25) is 9.10 Å². The van der Waals surface area contributed by atoms with Gasteiger partial charge in [-0.05, 0) is 49.7 Å². The molecule has 0 fully saturated rings. The fraction of sp³-hybridized carbons (Fsp3) is 0.350. The Morgan fingerprint density at radius 1 is 1.19 bits per heavy atom. The highest BCUT2D eigenvalue weighted by atomic mass is 32.2. The van der Waals surface area contributed by atoms with Gasteiger partial charge in [0.05, 0.1) is 10.6 Å². The predicted octanol–water partition coefficient (Wildman–Crippen LogP) is 2.12. The number of hydrogen-bond donors (Lipinski definition) is 1. The number of hydrogen-bond acceptors (Lipinski definition) is 4. The third kappa shape index (κ3) is 3.99. The van der Waals surface area contributed by atoms with Crippen molar-refractivity contribution in [1.29, 1.82) is 0 Å². The normalized spacial score (nSPS) is 13.9. The lowest BCUT2D eigenvalue weighted by molar-refractivity contribution is 0.0796. The van der Waals surface area contributed by atoms with Crippen molar-refractivity contribution in [2.75, 3.05) is 38.0 Å². The molecule has 1 amide bonds. The predicted molar refractivity (Wildman–Crippen MR) is 107 cm³/mol. The van der Waals surface area contributed by atoms with Crippen LogP contribution in [0.4, 0.5) is 5.69 Å². The summed E-state index contributed by atoms with van der Waals surface area (Å²) in [6.07, 6.45) is 1.65. The van der Waals surface area contributed by atoms with Crippen LogP contribution in [0.2, 0.25) is 0 Å². The van der Waals surface area contributed by atoms with E-state index >= 15 is 0 Å². The molecule has 2 aromatic rings. The van der Waals surface area contributed by atoms with Crippen LogP contribution in [0.25, 0.3) is 0 Å². The SMILES string of the molecule is CNCCN(C)C(=O)c1cccc(S(=O)(=O)N2CCCc3ccccc32)c1. The van der Waals surface area contributed by atoms with Crippen LogP contribution >= 0.6 is 0 Å². The van der Waals surface area contributed by atoms with Crippen LogP contribution in [0.15, 0.2) is 53.4 Å². The van der Waals surface area contributed by atoms with Crippen molar-refractivity contribution in [3.8, 4) is 0 Å². The van der Waals surface area contributed by atoms with Crippen LogP contribution in [0, 0.1) is 0 Å². The zero-order valence-corrected chi connectivity index (χ0v) is 16.5. The number of anilines is 1. The summed E-state index contributed by atoms with van der Waals surface area (Å²) < 4.78 is 28.0. The Morgan fingerprint density at radius 2 is 1.96 bits per heavy atom. The number of amides is 1. The standard InChI is InChI=1S/C20H25N3O3S/c1-21-12-14-22(2)20(24)17-8-5-10-18(15-17)27(25,26)23-13-6-9-16-7-3-4-11-19(16)23/h3-5,7-8,10-11,15,21H,6,9,12-14H2,1-2H3. The van der Waals surface area contributed by atoms with E-state index in [1.807, 2.05) is 31.3 Å². The molecule has 0 aromatic heterocycles. The molecule has 0 radical (unpaired) electrons. The average molecular weight is 388 g/mol. The summed E-state index contributed by atoms with van der Waals surface area (Å²) in [7, 11) is -0.192. The van der Waals surface area contributed by atoms with E-state index in [0.717, 1.165) is 24.1 Å². The summed E-state index contributed by atoms with van der Waals surface area (Å²) in [5, 5.41) is 3.00. The van der Waals surface area contributed by atoms with Crippen LogP contribution < -0.4 is 9.62 Å². The Morgan fingerprint density at radius 3 is 2.74 bits per heavy atom. The van der Waals surface area contributed by atoms with Crippen molar-refractivity contribution in [2.24, 2.45) is 0 Å². The zero-order valence-electron chi connectivity index (χ0n) is 15.7. The molecule has 0 saturated carbocycles. The Balaban J connectivity index is 1.92. The minimum Gasteiger partial charge on any atom is -0.340 e. The molecule has 0 spiro atoms. The molecule has 144 valence electrons. The number of nitrogens with one attached hydrogen (secondary N) is 1. The molecule has 7 heteroatoms. The van der Waals surface area contributed by atoms with Gasteiger partial charge < -0.3 is 10.2 Å². The first-order chi connectivity index (χ1) is 12.9. The number of aryl methyl sites for hydroxylation is 1. The van der Waals surface area contributed by atoms with Crippen LogP contribution in [-0.4, -0.2) is 53.0 Å². The van der Waals surface area contributed by atoms with Crippen molar-refractivity contribution in [3.05, 3.63) is 59.7 Å². The summed E-state index contributed by atoms with van der Waals surface area (Å²) >= 11 is 0. The van der Waals surface area contributed by atoms with E-state index in [-0.39, 0.29) is 10.8 Å². The molecule has 1 aliphatic heterocycles. The summed E-state index contributed by atoms with van der Waals surface area (Å²) in [4.78, 5) is 14.3. The molecule has 1 aliphatic rings. The second kappa shape index (κ2) is 8.10. The first kappa shape index (κ1) is 19.4. The molecular formula is C20H25N3O3S. The van der Waals surface area contributed by atoms with Gasteiger partial charge in [0.1, 0.15) is 0 Å². The first-order valence-electron chi connectivity index (χ1n) is 9.06. The molecule has 0 unspecified atom stereocenters. The molecular weight excluding hydrogens is 362 g/mol. The molecule has 2 aromatic carbocycles. The van der Waals surface area contributed by atoms with E-state index in [9.17, 15) is 13.2 Å². The van der Waals surface area contributed by atoms with E-state index in [1.165, 1.54) is 10.4 Å². The van der Waals surface area contributed by atoms with Crippen LogP contribution in [0.3, 0.4) is 0 Å². The first-order valence-corrected chi connectivity index (χ1v) is 10.5. The lowest BCUT2D eigenvalue weighted by atomic mass is 10.0. The molecule has 6 nitrogen and oxygen atoms in total. The number of nitrogens with zero attached hydrogens (tertiary/aromatic N) is 2. The summed E-state index contributed by atoms with van der Waals surface area (Å²) in [5.74, 6) is -0.193. The van der Waals surface area contributed by atoms with Gasteiger partial charge in [0.15, 0.2) is 0 Å². The van der Waals surface area contributed by atoms with Crippen LogP contribution in [-0.2, 0) is 16.4 Å². The third-order valence-electron chi connectivity index (χ3n) is 4.78. The highest BCUT2D eigenvalue weighted by molar-refractivity contribution is 7.92. The number of benzene rings is 2. The topological polar surface area (TPSA) is 69.7 Å². The van der Waals surface area contributed by atoms with E-state index in [0.29, 0.717) is 25.2 Å². The van der Waals surface area contributed by atoms with Gasteiger partial charge in [-0.25, -0.2) is 8.42 Å². The minimum absolute atomic E-state index is 0.145. The smallest absolute Gasteiger partial charge is 0.264 e. The van der Waals surface area contributed by atoms with Gasteiger partial charge in [0.2, 0.25) is 0 Å². The van der Waals surface area contributed by atoms with Gasteiger partial charge in [-0.15, -0.1) is 0 Å². The maximum atomic E-state index is 13.3. The maximum Gasteiger partial charge on any atom is 0.264 e. The van der Waals surface area contributed by atoms with Crippen LogP contribution in [0.5, 0.6) is 0 Å². The number of sulfonamides is 1. The van der Waals surface area contributed by atoms with Gasteiger partial charge in [-0.2, -0.15) is 0 Å². The summed E-state index contributed by atoms with van der Waals surface area (Å²) in [5.41, 5.74) is 2.14. The number of carbonyl (C=O) groups excluding carboxylic acids is 1. The van der Waals surface area contributed by atoms with Crippen molar-refractivity contribution >= 4 is 21.6 Å². The number of likely N-dealkylation sites (N-methyl/N-ethyl adjacent to an activating group) is 2. The van der Waals surface area contributed by atoms with Crippen molar-refractivity contribution < 1.29 is 13.2 Å². The molecule has 1 heterocycles. The van der Waals surface area contributed by atoms with E-state index in [4.69, 9.17) is 0 Å². The molecule has 1 N–H and O–H groups in total. The summed E-state index contributed by atoms with van der Waals surface area (Å²) in [6.45, 7) is 1.66. The summed E-state index contributed by atoms with van der Waals surface area (Å²) in [6, 6.07) is 13.9. The van der Waals surface area contributed by atoms with E-state index in [1.54, 1.807) is 30.1 Å². The Kier molecular flexibility index (Phi) is 5.82. The largest absolute Gasteiger partial charge is 0.340 e. The lowest BCUT2D eigenvalue weighted by Gasteiger charge is -2.30. The quantitative estimate of drug-likeness (QED) is 0.824. The maximum absolute atomic E-state index is 13.3. The fourth-order valence-electron chi connectivity index (χ4n) is 3.27. The Hall–Kier alpha value is -2.38. The van der Waals surface area contributed by atoms with Gasteiger partial charge >= 0.3 is 0 Å². The lowest BCUT2D eigenvalue weighted by Crippen LogP contribution is -2.36. The second-order valence-corrected chi connectivity index (χ2v) is 8.53. The number of fused-ring (bicyclic) bond motifs is 1. The monoisotopic (exact) mass is 387 g/mol. The van der Waals surface area contributed by atoms with Gasteiger partial charge in [-0.1, -0.05) is 24.3 Å². The van der Waals surface area contributed by atoms with Crippen molar-refractivity contribution in [1.82, 2.24) is 10.2 Å². The minimum atomic E-state index is -3.72. The highest BCUT2D eigenvalue weighted by Gasteiger charge is 2.29. The zero-order chi connectivity index (χ0) is 19.4. The molecule has 0 bridgehead atoms. The van der Waals surface area contributed by atoms with Gasteiger partial charge in [0.25, 0.3) is 15.9 Å². The van der Waals surface area contributed by atoms with E-state index < -0.39 is 10.0 Å². The fourth-order valence-corrected chi connectivity index (χ4v) is 4.85. The Labute approximate surface area is 160 Å². The average Bonchev–Trinajstić information content (AvgIpc) is 2.71. The third-order valence-corrected chi connectivity index (χ3v) is 6.59. The Bertz CT molecular complexity index is 928. The molecule has 27 heavy (non-hydrogen) atoms. The molecule has 3 rings (SSSR count). The number of carbonyl (C=O) groups is 1. The van der Waals surface area contributed by atoms with Gasteiger partial charge in [0, 0.05) is 32.2 Å². The molecule has 0 atom stereocenters. The van der Waals surface area contributed by atoms with Crippen molar-refractivity contribution in [3.63, 3.8) is 0 Å². The van der Waals surface area contributed by atoms with Crippen LogP contribution in [0.1, 0.15) is 22.3 Å². The number of rotatable bonds is 6. The van der Waals surface area contributed by atoms with E-state index in [2.05, 4.69) is 5.32 Å². The number of para-hydroxylation sites is 1. The second-order valence-electron chi connectivity index (χ2n) is 6.67. The highest BCUT2D eigenvalue weighted by Crippen LogP contribution is 2.31.